The molecule has 2 aliphatic rings. The monoisotopic (exact) mass is 442 g/mol. The maximum Gasteiger partial charge on any atom is 0.263 e. The summed E-state index contributed by atoms with van der Waals surface area (Å²) in [5.41, 5.74) is 5.79. The second kappa shape index (κ2) is 9.75. The van der Waals surface area contributed by atoms with Crippen molar-refractivity contribution in [2.24, 2.45) is 5.73 Å². The number of carbonyl (C=O) groups is 3. The molecule has 3 N–H and O–H groups in total. The molecule has 0 saturated carbocycles. The summed E-state index contributed by atoms with van der Waals surface area (Å²) in [6.45, 7) is 1.70. The Kier molecular flexibility index (Phi) is 7.34. The van der Waals surface area contributed by atoms with Crippen LogP contribution < -0.4 is 11.1 Å². The molecule has 3 rings (SSSR count). The standard InChI is InChI=1S/C19H24Cl2N4O4/c20-13-5-4-12(11-14(13)21)18(27)24-8-2-9-25(17(24)16(26)23-7-6-22)19(28)15-3-1-10-29-15/h4-5,11,15,17H,1-3,6-10,22H2,(H,23,26). The highest BCUT2D eigenvalue weighted by molar-refractivity contribution is 6.42. The van der Waals surface area contributed by atoms with Gasteiger partial charge in [-0.15, -0.1) is 0 Å². The van der Waals surface area contributed by atoms with Gasteiger partial charge in [-0.05, 0) is 37.5 Å². The van der Waals surface area contributed by atoms with E-state index in [1.54, 1.807) is 6.07 Å². The van der Waals surface area contributed by atoms with Gasteiger partial charge in [-0.3, -0.25) is 14.4 Å². The van der Waals surface area contributed by atoms with Crippen LogP contribution in [-0.4, -0.2) is 72.6 Å². The van der Waals surface area contributed by atoms with Gasteiger partial charge >= 0.3 is 0 Å². The number of nitrogens with two attached hydrogens (primary N) is 1. The van der Waals surface area contributed by atoms with Crippen LogP contribution in [0.5, 0.6) is 0 Å². The molecule has 2 atom stereocenters. The number of hydrogen-bond donors (Lipinski definition) is 2. The Hall–Kier alpha value is -1.87. The molecule has 0 aromatic heterocycles. The summed E-state index contributed by atoms with van der Waals surface area (Å²) >= 11 is 12.0. The van der Waals surface area contributed by atoms with E-state index in [-0.39, 0.29) is 24.0 Å². The quantitative estimate of drug-likeness (QED) is 0.713. The first-order chi connectivity index (χ1) is 13.9. The van der Waals surface area contributed by atoms with Gasteiger partial charge in [0.05, 0.1) is 10.0 Å². The highest BCUT2D eigenvalue weighted by atomic mass is 35.5. The van der Waals surface area contributed by atoms with E-state index >= 15 is 0 Å². The van der Waals surface area contributed by atoms with E-state index in [2.05, 4.69) is 5.32 Å². The first-order valence-electron chi connectivity index (χ1n) is 9.60. The molecule has 0 bridgehead atoms. The Morgan fingerprint density at radius 1 is 1.14 bits per heavy atom. The number of carbonyl (C=O) groups excluding carboxylic acids is 3. The first-order valence-corrected chi connectivity index (χ1v) is 10.4. The van der Waals surface area contributed by atoms with E-state index in [1.807, 2.05) is 0 Å². The van der Waals surface area contributed by atoms with Crippen LogP contribution in [0.15, 0.2) is 18.2 Å². The van der Waals surface area contributed by atoms with Gasteiger partial charge in [-0.1, -0.05) is 23.2 Å². The van der Waals surface area contributed by atoms with Gasteiger partial charge in [0, 0.05) is 38.3 Å². The second-order valence-electron chi connectivity index (χ2n) is 6.97. The predicted octanol–water partition coefficient (Wildman–Crippen LogP) is 1.25. The lowest BCUT2D eigenvalue weighted by atomic mass is 10.1. The van der Waals surface area contributed by atoms with Gasteiger partial charge < -0.3 is 25.6 Å². The zero-order valence-corrected chi connectivity index (χ0v) is 17.4. The Bertz CT molecular complexity index is 785. The fourth-order valence-electron chi connectivity index (χ4n) is 3.59. The number of rotatable bonds is 5. The largest absolute Gasteiger partial charge is 0.368 e. The topological polar surface area (TPSA) is 105 Å². The fraction of sp³-hybridized carbons (Fsp3) is 0.526. The lowest BCUT2D eigenvalue weighted by molar-refractivity contribution is -0.155. The molecule has 8 nitrogen and oxygen atoms in total. The minimum absolute atomic E-state index is 0.242. The van der Waals surface area contributed by atoms with Crippen molar-refractivity contribution in [3.63, 3.8) is 0 Å². The van der Waals surface area contributed by atoms with Crippen LogP contribution in [0.3, 0.4) is 0 Å². The number of nitrogens with one attached hydrogen (secondary N) is 1. The highest BCUT2D eigenvalue weighted by Gasteiger charge is 2.43. The third-order valence-corrected chi connectivity index (χ3v) is 5.72. The zero-order valence-electron chi connectivity index (χ0n) is 15.9. The number of nitrogens with zero attached hydrogens (tertiary/aromatic N) is 2. The predicted molar refractivity (Wildman–Crippen MR) is 109 cm³/mol. The minimum Gasteiger partial charge on any atom is -0.368 e. The average molecular weight is 443 g/mol. The van der Waals surface area contributed by atoms with Gasteiger partial charge in [0.15, 0.2) is 6.17 Å². The summed E-state index contributed by atoms with van der Waals surface area (Å²) < 4.78 is 5.51. The molecule has 2 fully saturated rings. The molecule has 1 aromatic rings. The van der Waals surface area contributed by atoms with Crippen molar-refractivity contribution in [2.75, 3.05) is 32.8 Å². The number of amides is 3. The Balaban J connectivity index is 1.89. The van der Waals surface area contributed by atoms with Gasteiger partial charge in [-0.2, -0.15) is 0 Å². The third kappa shape index (κ3) is 4.83. The molecule has 10 heteroatoms. The van der Waals surface area contributed by atoms with Gasteiger partial charge in [-0.25, -0.2) is 0 Å². The van der Waals surface area contributed by atoms with E-state index in [0.29, 0.717) is 43.1 Å². The molecule has 1 aromatic carbocycles. The molecular weight excluding hydrogens is 419 g/mol. The number of hydrogen-bond acceptors (Lipinski definition) is 5. The maximum atomic E-state index is 13.2. The van der Waals surface area contributed by atoms with Crippen LogP contribution in [0.2, 0.25) is 10.0 Å². The van der Waals surface area contributed by atoms with E-state index in [4.69, 9.17) is 33.7 Å². The summed E-state index contributed by atoms with van der Waals surface area (Å²) in [6.07, 6.45) is 0.286. The van der Waals surface area contributed by atoms with Crippen LogP contribution in [-0.2, 0) is 14.3 Å². The average Bonchev–Trinajstić information content (AvgIpc) is 3.27. The number of halogens is 2. The van der Waals surface area contributed by atoms with E-state index < -0.39 is 24.1 Å². The van der Waals surface area contributed by atoms with Crippen LogP contribution in [0.4, 0.5) is 0 Å². The molecule has 158 valence electrons. The molecule has 29 heavy (non-hydrogen) atoms. The minimum atomic E-state index is -1.08. The van der Waals surface area contributed by atoms with Gasteiger partial charge in [0.2, 0.25) is 0 Å². The Labute approximate surface area is 179 Å². The van der Waals surface area contributed by atoms with Crippen molar-refractivity contribution in [2.45, 2.75) is 31.5 Å². The molecule has 0 aliphatic carbocycles. The Morgan fingerprint density at radius 3 is 2.55 bits per heavy atom. The normalized spacial score (nSPS) is 21.9. The van der Waals surface area contributed by atoms with E-state index in [0.717, 1.165) is 6.42 Å². The number of ether oxygens (including phenoxy) is 1. The van der Waals surface area contributed by atoms with Crippen LogP contribution in [0, 0.1) is 0 Å². The summed E-state index contributed by atoms with van der Waals surface area (Å²) in [6, 6.07) is 4.54. The molecule has 2 saturated heterocycles. The first kappa shape index (κ1) is 21.8. The van der Waals surface area contributed by atoms with Crippen molar-refractivity contribution in [1.82, 2.24) is 15.1 Å². The second-order valence-corrected chi connectivity index (χ2v) is 7.78. The highest BCUT2D eigenvalue weighted by Crippen LogP contribution is 2.26. The van der Waals surface area contributed by atoms with Crippen molar-refractivity contribution in [1.29, 1.82) is 0 Å². The maximum absolute atomic E-state index is 13.2. The molecule has 2 unspecified atom stereocenters. The van der Waals surface area contributed by atoms with Crippen LogP contribution >= 0.6 is 23.2 Å². The van der Waals surface area contributed by atoms with Crippen molar-refractivity contribution < 1.29 is 19.1 Å². The lowest BCUT2D eigenvalue weighted by Crippen LogP contribution is -2.65. The van der Waals surface area contributed by atoms with Gasteiger partial charge in [0.25, 0.3) is 17.7 Å². The summed E-state index contributed by atoms with van der Waals surface area (Å²) in [4.78, 5) is 41.9. The van der Waals surface area contributed by atoms with Gasteiger partial charge in [0.1, 0.15) is 6.10 Å². The number of benzene rings is 1. The molecule has 0 spiro atoms. The smallest absolute Gasteiger partial charge is 0.263 e. The van der Waals surface area contributed by atoms with Crippen molar-refractivity contribution in [3.05, 3.63) is 33.8 Å². The van der Waals surface area contributed by atoms with Crippen LogP contribution in [0.1, 0.15) is 29.6 Å². The fourth-order valence-corrected chi connectivity index (χ4v) is 3.89. The third-order valence-electron chi connectivity index (χ3n) is 4.98. The molecule has 2 aliphatic heterocycles. The SMILES string of the molecule is NCCNC(=O)C1N(C(=O)c2ccc(Cl)c(Cl)c2)CCCN1C(=O)C1CCCO1. The molecule has 0 radical (unpaired) electrons. The van der Waals surface area contributed by atoms with Crippen molar-refractivity contribution >= 4 is 40.9 Å². The molecule has 2 heterocycles. The molecule has 3 amide bonds. The summed E-state index contributed by atoms with van der Waals surface area (Å²) in [7, 11) is 0. The zero-order chi connectivity index (χ0) is 21.0. The van der Waals surface area contributed by atoms with Crippen LogP contribution in [0.25, 0.3) is 0 Å². The lowest BCUT2D eigenvalue weighted by Gasteiger charge is -2.43. The van der Waals surface area contributed by atoms with Crippen molar-refractivity contribution in [3.8, 4) is 0 Å². The Morgan fingerprint density at radius 2 is 1.90 bits per heavy atom. The molecular formula is C19H24Cl2N4O4. The summed E-state index contributed by atoms with van der Waals surface area (Å²) in [5, 5.41) is 3.26. The summed E-state index contributed by atoms with van der Waals surface area (Å²) in [5.74, 6) is -1.13. The van der Waals surface area contributed by atoms with E-state index in [9.17, 15) is 14.4 Å². The van der Waals surface area contributed by atoms with E-state index in [1.165, 1.54) is 21.9 Å².